The maximum atomic E-state index is 5.78. The molecule has 1 aromatic heterocycles. The molecule has 1 aliphatic heterocycles. The van der Waals surface area contributed by atoms with Crippen molar-refractivity contribution < 1.29 is 4.74 Å². The Hall–Kier alpha value is -2.11. The first-order chi connectivity index (χ1) is 12.9. The average molecular weight is 397 g/mol. The van der Waals surface area contributed by atoms with Gasteiger partial charge in [0.2, 0.25) is 0 Å². The van der Waals surface area contributed by atoms with Crippen LogP contribution in [-0.2, 0) is 5.54 Å². The Morgan fingerprint density at radius 2 is 1.81 bits per heavy atom. The first kappa shape index (κ1) is 18.3. The number of fused-ring (bicyclic) bond motifs is 3. The lowest BCUT2D eigenvalue weighted by Gasteiger charge is -2.34. The minimum Gasteiger partial charge on any atom is -0.492 e. The molecule has 0 fully saturated rings. The van der Waals surface area contributed by atoms with Gasteiger partial charge in [0.25, 0.3) is 0 Å². The van der Waals surface area contributed by atoms with Crippen molar-refractivity contribution in [2.75, 3.05) is 11.9 Å². The first-order valence-corrected chi connectivity index (χ1v) is 11.4. The van der Waals surface area contributed by atoms with Crippen LogP contribution >= 0.6 is 20.7 Å². The summed E-state index contributed by atoms with van der Waals surface area (Å²) in [4.78, 5) is 6.37. The Bertz CT molecular complexity index is 1080. The van der Waals surface area contributed by atoms with Crippen LogP contribution < -0.4 is 14.7 Å². The molecule has 1 N–H and O–H groups in total. The standard InChI is InChI=1S/C22H24N2OS2/c1-6-25-18-10-8-7-9-16(18)23-21-19-15-11-13(2)14(3)12-17(15)24-22(4,5)20(19)26-27-21/h7-12,24H,6H2,1-5H3. The van der Waals surface area contributed by atoms with Crippen LogP contribution in [0, 0.1) is 13.8 Å². The highest BCUT2D eigenvalue weighted by atomic mass is 32.9. The third-order valence-electron chi connectivity index (χ3n) is 4.95. The van der Waals surface area contributed by atoms with Crippen LogP contribution in [0.1, 0.15) is 36.8 Å². The molecule has 0 aliphatic carbocycles. The Morgan fingerprint density at radius 1 is 1.07 bits per heavy atom. The van der Waals surface area contributed by atoms with Crippen LogP contribution in [0.3, 0.4) is 0 Å². The van der Waals surface area contributed by atoms with Gasteiger partial charge in [-0.15, -0.1) is 0 Å². The molecule has 27 heavy (non-hydrogen) atoms. The molecule has 1 aliphatic rings. The van der Waals surface area contributed by atoms with Crippen molar-refractivity contribution in [1.29, 1.82) is 0 Å². The van der Waals surface area contributed by atoms with Crippen LogP contribution in [0.25, 0.3) is 11.1 Å². The van der Waals surface area contributed by atoms with Crippen molar-refractivity contribution >= 4 is 32.1 Å². The Balaban J connectivity index is 1.97. The predicted molar refractivity (Wildman–Crippen MR) is 117 cm³/mol. The van der Waals surface area contributed by atoms with Gasteiger partial charge >= 0.3 is 0 Å². The van der Waals surface area contributed by atoms with Gasteiger partial charge in [-0.2, -0.15) is 0 Å². The van der Waals surface area contributed by atoms with E-state index in [1.54, 1.807) is 10.3 Å². The molecule has 3 nitrogen and oxygen atoms in total. The second-order valence-corrected chi connectivity index (χ2v) is 9.55. The smallest absolute Gasteiger partial charge is 0.144 e. The Labute approximate surface area is 167 Å². The molecule has 2 heterocycles. The summed E-state index contributed by atoms with van der Waals surface area (Å²) >= 11 is 0. The van der Waals surface area contributed by atoms with Gasteiger partial charge in [0.05, 0.1) is 17.0 Å². The number of anilines is 1. The van der Waals surface area contributed by atoms with E-state index in [9.17, 15) is 0 Å². The van der Waals surface area contributed by atoms with Crippen LogP contribution in [0.4, 0.5) is 11.4 Å². The molecule has 5 heteroatoms. The molecule has 0 amide bonds. The highest BCUT2D eigenvalue weighted by Crippen LogP contribution is 2.46. The van der Waals surface area contributed by atoms with E-state index in [-0.39, 0.29) is 5.54 Å². The zero-order valence-corrected chi connectivity index (χ0v) is 18.0. The Morgan fingerprint density at radius 3 is 2.59 bits per heavy atom. The fourth-order valence-electron chi connectivity index (χ4n) is 3.45. The summed E-state index contributed by atoms with van der Waals surface area (Å²) in [6.07, 6.45) is 0. The van der Waals surface area contributed by atoms with Gasteiger partial charge in [-0.05, 0) is 70.0 Å². The number of hydrogen-bond donors (Lipinski definition) is 1. The Kier molecular flexibility index (Phi) is 4.60. The lowest BCUT2D eigenvalue weighted by atomic mass is 9.88. The number of ether oxygens (including phenoxy) is 1. The van der Waals surface area contributed by atoms with Crippen LogP contribution in [-0.4, -0.2) is 6.61 Å². The van der Waals surface area contributed by atoms with Crippen molar-refractivity contribution in [3.8, 4) is 16.9 Å². The molecule has 0 saturated heterocycles. The highest BCUT2D eigenvalue weighted by Gasteiger charge is 2.33. The summed E-state index contributed by atoms with van der Waals surface area (Å²) < 4.78 is 6.83. The maximum absolute atomic E-state index is 5.78. The number of para-hydroxylation sites is 2. The lowest BCUT2D eigenvalue weighted by Crippen LogP contribution is -2.31. The quantitative estimate of drug-likeness (QED) is 0.521. The van der Waals surface area contributed by atoms with Crippen molar-refractivity contribution in [2.45, 2.75) is 40.2 Å². The summed E-state index contributed by atoms with van der Waals surface area (Å²) in [6.45, 7) is 11.5. The van der Waals surface area contributed by atoms with E-state index in [0.29, 0.717) is 6.61 Å². The summed E-state index contributed by atoms with van der Waals surface area (Å²) in [5.74, 6) is 0.834. The molecule has 0 spiro atoms. The van der Waals surface area contributed by atoms with E-state index in [1.807, 2.05) is 41.5 Å². The number of rotatable bonds is 3. The van der Waals surface area contributed by atoms with E-state index in [2.05, 4.69) is 45.1 Å². The van der Waals surface area contributed by atoms with E-state index < -0.39 is 0 Å². The van der Waals surface area contributed by atoms with E-state index in [4.69, 9.17) is 9.73 Å². The summed E-state index contributed by atoms with van der Waals surface area (Å²) in [5, 5.41) is 3.72. The molecule has 0 bridgehead atoms. The molecule has 140 valence electrons. The molecular formula is C22H24N2OS2. The fraction of sp³-hybridized carbons (Fsp3) is 0.318. The van der Waals surface area contributed by atoms with E-state index >= 15 is 0 Å². The normalized spacial score (nSPS) is 15.1. The number of nitrogens with zero attached hydrogens (tertiary/aromatic N) is 1. The molecule has 4 rings (SSSR count). The number of nitrogens with one attached hydrogen (secondary N) is 1. The number of hydrogen-bond acceptors (Lipinski definition) is 5. The number of aryl methyl sites for hydroxylation is 2. The van der Waals surface area contributed by atoms with E-state index in [0.717, 1.165) is 16.1 Å². The summed E-state index contributed by atoms with van der Waals surface area (Å²) in [5.41, 5.74) is 7.08. The first-order valence-electron chi connectivity index (χ1n) is 9.20. The summed E-state index contributed by atoms with van der Waals surface area (Å²) in [6, 6.07) is 12.6. The molecule has 0 unspecified atom stereocenters. The van der Waals surface area contributed by atoms with Gasteiger partial charge < -0.3 is 10.1 Å². The zero-order valence-electron chi connectivity index (χ0n) is 16.3. The monoisotopic (exact) mass is 396 g/mol. The number of benzene rings is 2. The van der Waals surface area contributed by atoms with Gasteiger partial charge in [0.1, 0.15) is 16.1 Å². The molecule has 2 aromatic carbocycles. The van der Waals surface area contributed by atoms with Crippen molar-refractivity contribution in [1.82, 2.24) is 0 Å². The molecular weight excluding hydrogens is 372 g/mol. The second kappa shape index (κ2) is 6.80. The zero-order chi connectivity index (χ0) is 19.2. The minimum absolute atomic E-state index is 0.113. The highest BCUT2D eigenvalue weighted by molar-refractivity contribution is 7.68. The van der Waals surface area contributed by atoms with E-state index in [1.165, 1.54) is 32.8 Å². The van der Waals surface area contributed by atoms with Gasteiger partial charge in [-0.25, -0.2) is 4.99 Å². The average Bonchev–Trinajstić information content (AvgIpc) is 3.04. The largest absolute Gasteiger partial charge is 0.492 e. The van der Waals surface area contributed by atoms with Crippen molar-refractivity contribution in [3.05, 3.63) is 57.1 Å². The van der Waals surface area contributed by atoms with Gasteiger partial charge in [0.15, 0.2) is 0 Å². The van der Waals surface area contributed by atoms with Crippen molar-refractivity contribution in [2.24, 2.45) is 4.99 Å². The van der Waals surface area contributed by atoms with Crippen LogP contribution in [0.2, 0.25) is 0 Å². The molecule has 0 atom stereocenters. The maximum Gasteiger partial charge on any atom is 0.144 e. The molecule has 0 radical (unpaired) electrons. The fourth-order valence-corrected chi connectivity index (χ4v) is 6.38. The van der Waals surface area contributed by atoms with Crippen LogP contribution in [0.15, 0.2) is 41.4 Å². The van der Waals surface area contributed by atoms with Gasteiger partial charge in [-0.1, -0.05) is 32.8 Å². The minimum atomic E-state index is -0.113. The predicted octanol–water partition coefficient (Wildman–Crippen LogP) is 6.39. The topological polar surface area (TPSA) is 33.6 Å². The summed E-state index contributed by atoms with van der Waals surface area (Å²) in [7, 11) is 3.56. The van der Waals surface area contributed by atoms with Crippen molar-refractivity contribution in [3.63, 3.8) is 0 Å². The molecule has 3 aromatic rings. The third kappa shape index (κ3) is 3.19. The third-order valence-corrected chi connectivity index (χ3v) is 7.59. The van der Waals surface area contributed by atoms with Crippen LogP contribution in [0.5, 0.6) is 5.75 Å². The molecule has 0 saturated carbocycles. The van der Waals surface area contributed by atoms with Gasteiger partial charge in [-0.3, -0.25) is 0 Å². The van der Waals surface area contributed by atoms with Gasteiger partial charge in [0, 0.05) is 16.8 Å². The second-order valence-electron chi connectivity index (χ2n) is 7.42. The SMILES string of the molecule is CCOc1ccccc1N=c1ssc2c1-c1cc(C)c(C)cc1NC2(C)C. The lowest BCUT2D eigenvalue weighted by molar-refractivity contribution is 0.341.